The minimum atomic E-state index is -1.51. The van der Waals surface area contributed by atoms with Gasteiger partial charge in [-0.15, -0.1) is 0 Å². The maximum atomic E-state index is 9.39. The Morgan fingerprint density at radius 2 is 2.00 bits per heavy atom. The van der Waals surface area contributed by atoms with Crippen LogP contribution in [0.3, 0.4) is 0 Å². The molecule has 1 aromatic rings. The maximum Gasteiger partial charge on any atom is 0.170 e. The van der Waals surface area contributed by atoms with Gasteiger partial charge in [0.15, 0.2) is 6.10 Å². The first kappa shape index (κ1) is 10.1. The Morgan fingerprint density at radius 3 is 2.57 bits per heavy atom. The van der Waals surface area contributed by atoms with Crippen LogP contribution in [-0.4, -0.2) is 21.3 Å². The quantitative estimate of drug-likeness (QED) is 0.631. The fourth-order valence-electron chi connectivity index (χ4n) is 0.934. The van der Waals surface area contributed by atoms with Crippen LogP contribution in [0.5, 0.6) is 0 Å². The van der Waals surface area contributed by atoms with Crippen molar-refractivity contribution in [2.24, 2.45) is 0 Å². The van der Waals surface area contributed by atoms with Gasteiger partial charge in [0.05, 0.1) is 11.6 Å². The van der Waals surface area contributed by atoms with E-state index < -0.39 is 12.2 Å². The Balaban J connectivity index is 2.98. The second-order valence-electron chi connectivity index (χ2n) is 2.64. The Bertz CT molecular complexity index is 405. The molecule has 1 rings (SSSR count). The molecule has 0 aliphatic carbocycles. The first-order chi connectivity index (χ1) is 6.69. The lowest BCUT2D eigenvalue weighted by Crippen LogP contribution is -2.16. The lowest BCUT2D eigenvalue weighted by atomic mass is 10.1. The van der Waals surface area contributed by atoms with Crippen molar-refractivity contribution in [1.82, 2.24) is 4.98 Å². The SMILES string of the molecule is N#Cc1cncc(C(O)C(O)C#N)c1. The zero-order valence-electron chi connectivity index (χ0n) is 7.12. The number of hydrogen-bond acceptors (Lipinski definition) is 5. The zero-order chi connectivity index (χ0) is 10.6. The minimum absolute atomic E-state index is 0.248. The van der Waals surface area contributed by atoms with E-state index >= 15 is 0 Å². The molecule has 0 radical (unpaired) electrons. The van der Waals surface area contributed by atoms with Gasteiger partial charge in [-0.1, -0.05) is 0 Å². The Kier molecular flexibility index (Phi) is 3.14. The molecule has 5 nitrogen and oxygen atoms in total. The monoisotopic (exact) mass is 189 g/mol. The summed E-state index contributed by atoms with van der Waals surface area (Å²) in [7, 11) is 0. The number of aliphatic hydroxyl groups is 2. The third-order valence-electron chi connectivity index (χ3n) is 1.66. The molecule has 0 amide bonds. The number of nitrogens with zero attached hydrogens (tertiary/aromatic N) is 3. The number of nitriles is 2. The first-order valence-corrected chi connectivity index (χ1v) is 3.80. The van der Waals surface area contributed by atoms with E-state index in [0.29, 0.717) is 0 Å². The fraction of sp³-hybridized carbons (Fsp3) is 0.222. The van der Waals surface area contributed by atoms with Crippen molar-refractivity contribution in [2.45, 2.75) is 12.2 Å². The Hall–Kier alpha value is -1.95. The van der Waals surface area contributed by atoms with Crippen molar-refractivity contribution in [2.75, 3.05) is 0 Å². The standard InChI is InChI=1S/C9H7N3O2/c10-2-6-1-7(5-12-4-6)9(14)8(13)3-11/h1,4-5,8-9,13-14H. The van der Waals surface area contributed by atoms with Gasteiger partial charge in [-0.25, -0.2) is 0 Å². The zero-order valence-corrected chi connectivity index (χ0v) is 7.12. The van der Waals surface area contributed by atoms with Crippen molar-refractivity contribution in [3.63, 3.8) is 0 Å². The molecule has 0 saturated carbocycles. The molecule has 70 valence electrons. The first-order valence-electron chi connectivity index (χ1n) is 3.80. The molecule has 1 aromatic heterocycles. The summed E-state index contributed by atoms with van der Waals surface area (Å²) >= 11 is 0. The average Bonchev–Trinajstić information content (AvgIpc) is 2.27. The van der Waals surface area contributed by atoms with Gasteiger partial charge in [0.2, 0.25) is 0 Å². The normalized spacial score (nSPS) is 13.7. The summed E-state index contributed by atoms with van der Waals surface area (Å²) < 4.78 is 0. The van der Waals surface area contributed by atoms with Crippen LogP contribution in [0.25, 0.3) is 0 Å². The molecule has 0 bridgehead atoms. The number of rotatable bonds is 2. The van der Waals surface area contributed by atoms with Gasteiger partial charge < -0.3 is 10.2 Å². The summed E-state index contributed by atoms with van der Waals surface area (Å²) in [6.07, 6.45) is -0.215. The van der Waals surface area contributed by atoms with Crippen LogP contribution in [0.2, 0.25) is 0 Å². The smallest absolute Gasteiger partial charge is 0.170 e. The van der Waals surface area contributed by atoms with Gasteiger partial charge in [-0.3, -0.25) is 4.98 Å². The van der Waals surface area contributed by atoms with Gasteiger partial charge in [-0.2, -0.15) is 10.5 Å². The molecule has 2 unspecified atom stereocenters. The number of aliphatic hydroxyl groups excluding tert-OH is 2. The van der Waals surface area contributed by atoms with Crippen molar-refractivity contribution in [3.8, 4) is 12.1 Å². The van der Waals surface area contributed by atoms with Crippen molar-refractivity contribution < 1.29 is 10.2 Å². The highest BCUT2D eigenvalue weighted by molar-refractivity contribution is 5.30. The summed E-state index contributed by atoms with van der Waals surface area (Å²) in [6.45, 7) is 0. The van der Waals surface area contributed by atoms with Crippen LogP contribution in [0.1, 0.15) is 17.2 Å². The molecule has 0 saturated heterocycles. The molecule has 2 N–H and O–H groups in total. The minimum Gasteiger partial charge on any atom is -0.384 e. The Labute approximate surface area is 80.5 Å². The summed E-state index contributed by atoms with van der Waals surface area (Å²) in [5, 5.41) is 35.3. The summed E-state index contributed by atoms with van der Waals surface area (Å²) in [5.74, 6) is 0. The van der Waals surface area contributed by atoms with E-state index in [2.05, 4.69) is 4.98 Å². The van der Waals surface area contributed by atoms with Crippen LogP contribution in [0.4, 0.5) is 0 Å². The third-order valence-corrected chi connectivity index (χ3v) is 1.66. The number of hydrogen-bond donors (Lipinski definition) is 2. The molecule has 0 spiro atoms. The molecule has 0 aliphatic heterocycles. The van der Waals surface area contributed by atoms with Gasteiger partial charge in [0, 0.05) is 18.0 Å². The molecule has 0 aromatic carbocycles. The van der Waals surface area contributed by atoms with E-state index in [1.165, 1.54) is 24.5 Å². The Morgan fingerprint density at radius 1 is 1.29 bits per heavy atom. The van der Waals surface area contributed by atoms with E-state index in [-0.39, 0.29) is 11.1 Å². The van der Waals surface area contributed by atoms with Gasteiger partial charge >= 0.3 is 0 Å². The fourth-order valence-corrected chi connectivity index (χ4v) is 0.934. The van der Waals surface area contributed by atoms with E-state index in [0.717, 1.165) is 0 Å². The molecular formula is C9H7N3O2. The highest BCUT2D eigenvalue weighted by atomic mass is 16.3. The molecule has 1 heterocycles. The van der Waals surface area contributed by atoms with E-state index in [9.17, 15) is 5.11 Å². The van der Waals surface area contributed by atoms with Crippen LogP contribution >= 0.6 is 0 Å². The van der Waals surface area contributed by atoms with E-state index in [1.807, 2.05) is 6.07 Å². The molecule has 5 heteroatoms. The molecule has 0 fully saturated rings. The lowest BCUT2D eigenvalue weighted by molar-refractivity contribution is 0.0525. The second kappa shape index (κ2) is 4.33. The summed E-state index contributed by atoms with van der Waals surface area (Å²) in [4.78, 5) is 3.69. The van der Waals surface area contributed by atoms with Crippen LogP contribution in [0, 0.1) is 22.7 Å². The topological polar surface area (TPSA) is 101 Å². The number of aromatic nitrogens is 1. The summed E-state index contributed by atoms with van der Waals surface area (Å²) in [6, 6.07) is 4.71. The van der Waals surface area contributed by atoms with Crippen molar-refractivity contribution in [1.29, 1.82) is 10.5 Å². The van der Waals surface area contributed by atoms with Gasteiger partial charge in [0.25, 0.3) is 0 Å². The highest BCUT2D eigenvalue weighted by Gasteiger charge is 2.17. The highest BCUT2D eigenvalue weighted by Crippen LogP contribution is 2.16. The van der Waals surface area contributed by atoms with E-state index in [1.54, 1.807) is 0 Å². The van der Waals surface area contributed by atoms with Gasteiger partial charge in [0.1, 0.15) is 12.2 Å². The predicted molar refractivity (Wildman–Crippen MR) is 45.5 cm³/mol. The average molecular weight is 189 g/mol. The van der Waals surface area contributed by atoms with Crippen molar-refractivity contribution >= 4 is 0 Å². The molecule has 2 atom stereocenters. The van der Waals surface area contributed by atoms with Crippen LogP contribution < -0.4 is 0 Å². The van der Waals surface area contributed by atoms with Crippen LogP contribution in [-0.2, 0) is 0 Å². The lowest BCUT2D eigenvalue weighted by Gasteiger charge is -2.10. The van der Waals surface area contributed by atoms with Crippen molar-refractivity contribution in [3.05, 3.63) is 29.6 Å². The van der Waals surface area contributed by atoms with Gasteiger partial charge in [-0.05, 0) is 6.07 Å². The largest absolute Gasteiger partial charge is 0.384 e. The number of pyridine rings is 1. The summed E-state index contributed by atoms with van der Waals surface area (Å²) in [5.41, 5.74) is 0.518. The molecule has 0 aliphatic rings. The third kappa shape index (κ3) is 2.05. The molecule has 14 heavy (non-hydrogen) atoms. The van der Waals surface area contributed by atoms with Crippen LogP contribution in [0.15, 0.2) is 18.5 Å². The second-order valence-corrected chi connectivity index (χ2v) is 2.64. The predicted octanol–water partition coefficient (Wildman–Crippen LogP) is -0.129. The maximum absolute atomic E-state index is 9.39. The molecular weight excluding hydrogens is 182 g/mol. The van der Waals surface area contributed by atoms with E-state index in [4.69, 9.17) is 15.6 Å².